The van der Waals surface area contributed by atoms with E-state index in [0.29, 0.717) is 18.1 Å². The minimum Gasteiger partial charge on any atom is -0.383 e. The maximum absolute atomic E-state index is 12.3. The Morgan fingerprint density at radius 3 is 2.68 bits per heavy atom. The number of hydrogen-bond donors (Lipinski definition) is 2. The van der Waals surface area contributed by atoms with E-state index in [1.807, 2.05) is 38.1 Å². The number of amides is 1. The average molecular weight is 320 g/mol. The topological polar surface area (TPSA) is 73.7 Å². The maximum Gasteiger partial charge on any atom is 0.254 e. The Kier molecular flexibility index (Phi) is 5.28. The van der Waals surface area contributed by atoms with Gasteiger partial charge in [0.05, 0.1) is 10.2 Å². The molecule has 1 aromatic heterocycles. The van der Waals surface area contributed by atoms with Crippen LogP contribution in [0.5, 0.6) is 0 Å². The number of rotatable bonds is 6. The highest BCUT2D eigenvalue weighted by Gasteiger charge is 2.31. The van der Waals surface area contributed by atoms with E-state index in [9.17, 15) is 15.0 Å². The van der Waals surface area contributed by atoms with Gasteiger partial charge in [-0.25, -0.2) is 4.98 Å². The Morgan fingerprint density at radius 2 is 2.09 bits per heavy atom. The van der Waals surface area contributed by atoms with E-state index in [1.165, 1.54) is 16.2 Å². The molecule has 0 aliphatic heterocycles. The lowest BCUT2D eigenvalue weighted by Gasteiger charge is -2.25. The van der Waals surface area contributed by atoms with Crippen LogP contribution in [0.15, 0.2) is 36.4 Å². The fraction of sp³-hybridized carbons (Fsp3) is 0.375. The molecule has 6 heteroatoms. The predicted octanol–water partition coefficient (Wildman–Crippen LogP) is 2.12. The summed E-state index contributed by atoms with van der Waals surface area (Å²) >= 11 is 1.27. The molecule has 0 aliphatic carbocycles. The number of carbonyl (C=O) groups is 1. The minimum atomic E-state index is -1.53. The molecular formula is C16H20N2O3S. The van der Waals surface area contributed by atoms with E-state index in [4.69, 9.17) is 0 Å². The molecule has 2 aromatic rings. The minimum absolute atomic E-state index is 0.341. The number of aromatic nitrogens is 1. The van der Waals surface area contributed by atoms with Crippen LogP contribution in [0, 0.1) is 0 Å². The highest BCUT2D eigenvalue weighted by atomic mass is 32.1. The van der Waals surface area contributed by atoms with Crippen molar-refractivity contribution in [3.63, 3.8) is 0 Å². The SMILES string of the molecule is C=C(C)CN(CC)C(=O)C(O)C(O)c1nc2ccccc2s1. The smallest absolute Gasteiger partial charge is 0.254 e. The lowest BCUT2D eigenvalue weighted by molar-refractivity contribution is -0.145. The Bertz CT molecular complexity index is 650. The zero-order chi connectivity index (χ0) is 16.3. The van der Waals surface area contributed by atoms with Gasteiger partial charge in [-0.3, -0.25) is 4.79 Å². The van der Waals surface area contributed by atoms with Crippen LogP contribution in [-0.4, -0.2) is 45.2 Å². The summed E-state index contributed by atoms with van der Waals surface area (Å²) in [4.78, 5) is 18.0. The quantitative estimate of drug-likeness (QED) is 0.800. The number of aliphatic hydroxyl groups excluding tert-OH is 2. The summed E-state index contributed by atoms with van der Waals surface area (Å²) in [5.74, 6) is -0.516. The molecule has 0 spiro atoms. The van der Waals surface area contributed by atoms with Crippen LogP contribution in [0.4, 0.5) is 0 Å². The van der Waals surface area contributed by atoms with Crippen molar-refractivity contribution in [3.8, 4) is 0 Å². The predicted molar refractivity (Wildman–Crippen MR) is 87.7 cm³/mol. The molecule has 1 aromatic carbocycles. The molecule has 2 unspecified atom stereocenters. The summed E-state index contributed by atoms with van der Waals surface area (Å²) in [6.45, 7) is 8.20. The number of likely N-dealkylation sites (N-methyl/N-ethyl adjacent to an activating group) is 1. The molecule has 118 valence electrons. The van der Waals surface area contributed by atoms with Crippen LogP contribution in [0.2, 0.25) is 0 Å². The number of para-hydroxylation sites is 1. The van der Waals surface area contributed by atoms with Gasteiger partial charge in [0.2, 0.25) is 0 Å². The van der Waals surface area contributed by atoms with Crippen molar-refractivity contribution in [2.24, 2.45) is 0 Å². The second kappa shape index (κ2) is 7.00. The Balaban J connectivity index is 2.18. The molecule has 0 bridgehead atoms. The standard InChI is InChI=1S/C16H20N2O3S/c1-4-18(9-10(2)3)16(21)14(20)13(19)15-17-11-7-5-6-8-12(11)22-15/h5-8,13-14,19-20H,2,4,9H2,1,3H3. The molecule has 2 rings (SSSR count). The highest BCUT2D eigenvalue weighted by Crippen LogP contribution is 2.28. The van der Waals surface area contributed by atoms with Crippen molar-refractivity contribution in [2.75, 3.05) is 13.1 Å². The van der Waals surface area contributed by atoms with Crippen molar-refractivity contribution in [2.45, 2.75) is 26.1 Å². The molecule has 0 saturated carbocycles. The fourth-order valence-electron chi connectivity index (χ4n) is 2.15. The van der Waals surface area contributed by atoms with Gasteiger partial charge in [-0.05, 0) is 26.0 Å². The first kappa shape index (κ1) is 16.6. The van der Waals surface area contributed by atoms with Gasteiger partial charge in [-0.1, -0.05) is 24.3 Å². The van der Waals surface area contributed by atoms with E-state index < -0.39 is 18.1 Å². The van der Waals surface area contributed by atoms with E-state index >= 15 is 0 Å². The number of nitrogens with zero attached hydrogens (tertiary/aromatic N) is 2. The Labute approximate surface area is 133 Å². The Morgan fingerprint density at radius 1 is 1.41 bits per heavy atom. The molecule has 1 amide bonds. The first-order valence-electron chi connectivity index (χ1n) is 7.08. The summed E-state index contributed by atoms with van der Waals surface area (Å²) in [6.07, 6.45) is -2.86. The molecule has 0 fully saturated rings. The van der Waals surface area contributed by atoms with Crippen LogP contribution in [0.1, 0.15) is 25.0 Å². The molecular weight excluding hydrogens is 300 g/mol. The van der Waals surface area contributed by atoms with Gasteiger partial charge in [0, 0.05) is 13.1 Å². The van der Waals surface area contributed by atoms with Crippen molar-refractivity contribution < 1.29 is 15.0 Å². The molecule has 2 atom stereocenters. The lowest BCUT2D eigenvalue weighted by atomic mass is 10.1. The maximum atomic E-state index is 12.3. The monoisotopic (exact) mass is 320 g/mol. The van der Waals surface area contributed by atoms with E-state index in [0.717, 1.165) is 15.8 Å². The van der Waals surface area contributed by atoms with E-state index in [2.05, 4.69) is 11.6 Å². The van der Waals surface area contributed by atoms with Gasteiger partial charge < -0.3 is 15.1 Å². The van der Waals surface area contributed by atoms with Crippen LogP contribution in [-0.2, 0) is 4.79 Å². The first-order valence-corrected chi connectivity index (χ1v) is 7.90. The summed E-state index contributed by atoms with van der Waals surface area (Å²) < 4.78 is 0.908. The van der Waals surface area contributed by atoms with Gasteiger partial charge in [-0.2, -0.15) is 0 Å². The number of fused-ring (bicyclic) bond motifs is 1. The third-order valence-corrected chi connectivity index (χ3v) is 4.38. The molecule has 2 N–H and O–H groups in total. The molecule has 22 heavy (non-hydrogen) atoms. The summed E-state index contributed by atoms with van der Waals surface area (Å²) in [5.41, 5.74) is 1.56. The summed E-state index contributed by atoms with van der Waals surface area (Å²) in [6, 6.07) is 7.45. The van der Waals surface area contributed by atoms with Gasteiger partial charge in [0.25, 0.3) is 5.91 Å². The van der Waals surface area contributed by atoms with Gasteiger partial charge in [0.15, 0.2) is 6.10 Å². The van der Waals surface area contributed by atoms with E-state index in [1.54, 1.807) is 0 Å². The summed E-state index contributed by atoms with van der Waals surface area (Å²) in [7, 11) is 0. The van der Waals surface area contributed by atoms with Crippen LogP contribution in [0.3, 0.4) is 0 Å². The van der Waals surface area contributed by atoms with Crippen LogP contribution < -0.4 is 0 Å². The molecule has 5 nitrogen and oxygen atoms in total. The number of carbonyl (C=O) groups excluding carboxylic acids is 1. The average Bonchev–Trinajstić information content (AvgIpc) is 2.94. The zero-order valence-corrected chi connectivity index (χ0v) is 13.5. The van der Waals surface area contributed by atoms with Crippen LogP contribution >= 0.6 is 11.3 Å². The largest absolute Gasteiger partial charge is 0.383 e. The molecule has 0 radical (unpaired) electrons. The summed E-state index contributed by atoms with van der Waals surface area (Å²) in [5, 5.41) is 20.8. The van der Waals surface area contributed by atoms with Crippen molar-refractivity contribution in [1.82, 2.24) is 9.88 Å². The number of aliphatic hydroxyl groups is 2. The number of hydrogen-bond acceptors (Lipinski definition) is 5. The number of thiazole rings is 1. The number of benzene rings is 1. The molecule has 0 aliphatic rings. The lowest BCUT2D eigenvalue weighted by Crippen LogP contribution is -2.42. The fourth-order valence-corrected chi connectivity index (χ4v) is 3.13. The normalized spacial score (nSPS) is 13.8. The van der Waals surface area contributed by atoms with Crippen molar-refractivity contribution >= 4 is 27.5 Å². The van der Waals surface area contributed by atoms with Crippen molar-refractivity contribution in [3.05, 3.63) is 41.4 Å². The zero-order valence-electron chi connectivity index (χ0n) is 12.7. The third-order valence-electron chi connectivity index (χ3n) is 3.27. The van der Waals surface area contributed by atoms with E-state index in [-0.39, 0.29) is 0 Å². The second-order valence-electron chi connectivity index (χ2n) is 5.22. The Hall–Kier alpha value is -1.76. The third kappa shape index (κ3) is 3.52. The van der Waals surface area contributed by atoms with Crippen LogP contribution in [0.25, 0.3) is 10.2 Å². The highest BCUT2D eigenvalue weighted by molar-refractivity contribution is 7.18. The van der Waals surface area contributed by atoms with Gasteiger partial charge in [0.1, 0.15) is 11.1 Å². The molecule has 0 saturated heterocycles. The molecule has 1 heterocycles. The van der Waals surface area contributed by atoms with Gasteiger partial charge >= 0.3 is 0 Å². The van der Waals surface area contributed by atoms with Crippen molar-refractivity contribution in [1.29, 1.82) is 0 Å². The van der Waals surface area contributed by atoms with Gasteiger partial charge in [-0.15, -0.1) is 11.3 Å². The first-order chi connectivity index (χ1) is 10.4. The second-order valence-corrected chi connectivity index (χ2v) is 6.28.